The Hall–Kier alpha value is -1.84. The van der Waals surface area contributed by atoms with Crippen LogP contribution in [0, 0.1) is 16.0 Å². The van der Waals surface area contributed by atoms with Crippen LogP contribution in [0.5, 0.6) is 0 Å². The lowest BCUT2D eigenvalue weighted by Gasteiger charge is -2.03. The number of fused-ring (bicyclic) bond motifs is 1. The molecule has 0 N–H and O–H groups in total. The Morgan fingerprint density at radius 1 is 1.38 bits per heavy atom. The first-order valence-corrected chi connectivity index (χ1v) is 5.47. The van der Waals surface area contributed by atoms with Crippen LogP contribution < -0.4 is 0 Å². The minimum atomic E-state index is -0.339. The van der Waals surface area contributed by atoms with Gasteiger partial charge in [0, 0.05) is 30.3 Å². The van der Waals surface area contributed by atoms with Crippen LogP contribution in [-0.4, -0.2) is 9.49 Å². The van der Waals surface area contributed by atoms with Gasteiger partial charge in [-0.1, -0.05) is 0 Å². The first-order chi connectivity index (χ1) is 7.74. The minimum absolute atomic E-state index is 0.170. The number of rotatable bonds is 3. The molecule has 1 aromatic carbocycles. The predicted octanol–water partition coefficient (Wildman–Crippen LogP) is 2.96. The van der Waals surface area contributed by atoms with Crippen LogP contribution in [0.2, 0.25) is 0 Å². The quantitative estimate of drug-likeness (QED) is 0.585. The standard InChI is InChI=1S/C12H12N2O2/c15-14(16)11-4-3-10-5-6-13(12(10)7-11)8-9-1-2-9/h3-7,9H,1-2,8H2. The van der Waals surface area contributed by atoms with Crippen LogP contribution in [0.3, 0.4) is 0 Å². The molecule has 4 heteroatoms. The summed E-state index contributed by atoms with van der Waals surface area (Å²) in [5, 5.41) is 11.8. The first-order valence-electron chi connectivity index (χ1n) is 5.47. The molecule has 2 aromatic rings. The van der Waals surface area contributed by atoms with E-state index in [-0.39, 0.29) is 10.6 Å². The van der Waals surface area contributed by atoms with Crippen LogP contribution in [0.1, 0.15) is 12.8 Å². The number of nitrogens with zero attached hydrogens (tertiary/aromatic N) is 2. The van der Waals surface area contributed by atoms with Gasteiger partial charge in [-0.15, -0.1) is 0 Å². The summed E-state index contributed by atoms with van der Waals surface area (Å²) in [7, 11) is 0. The highest BCUT2D eigenvalue weighted by atomic mass is 16.6. The van der Waals surface area contributed by atoms with E-state index in [1.807, 2.05) is 18.3 Å². The third-order valence-corrected chi connectivity index (χ3v) is 3.12. The van der Waals surface area contributed by atoms with Crippen molar-refractivity contribution in [2.45, 2.75) is 19.4 Å². The Morgan fingerprint density at radius 3 is 2.88 bits per heavy atom. The average Bonchev–Trinajstić information content (AvgIpc) is 2.99. The third-order valence-electron chi connectivity index (χ3n) is 3.12. The monoisotopic (exact) mass is 216 g/mol. The van der Waals surface area contributed by atoms with E-state index in [0.29, 0.717) is 0 Å². The van der Waals surface area contributed by atoms with Crippen molar-refractivity contribution >= 4 is 16.6 Å². The number of hydrogen-bond donors (Lipinski definition) is 0. The summed E-state index contributed by atoms with van der Waals surface area (Å²) >= 11 is 0. The van der Waals surface area contributed by atoms with E-state index in [0.717, 1.165) is 23.4 Å². The average molecular weight is 216 g/mol. The number of hydrogen-bond acceptors (Lipinski definition) is 2. The first kappa shape index (κ1) is 9.39. The second-order valence-electron chi connectivity index (χ2n) is 4.41. The zero-order valence-corrected chi connectivity index (χ0v) is 8.80. The molecule has 0 atom stereocenters. The van der Waals surface area contributed by atoms with Crippen molar-refractivity contribution in [1.29, 1.82) is 0 Å². The molecule has 4 nitrogen and oxygen atoms in total. The molecule has 0 saturated heterocycles. The Bertz CT molecular complexity index is 555. The van der Waals surface area contributed by atoms with Crippen LogP contribution in [-0.2, 0) is 6.54 Å². The van der Waals surface area contributed by atoms with Crippen molar-refractivity contribution in [2.24, 2.45) is 5.92 Å². The number of aromatic nitrogens is 1. The van der Waals surface area contributed by atoms with Gasteiger partial charge in [0.2, 0.25) is 0 Å². The van der Waals surface area contributed by atoms with Gasteiger partial charge in [0.1, 0.15) is 0 Å². The normalized spacial score (nSPS) is 15.5. The highest BCUT2D eigenvalue weighted by Crippen LogP contribution is 2.32. The van der Waals surface area contributed by atoms with Crippen LogP contribution >= 0.6 is 0 Å². The van der Waals surface area contributed by atoms with Gasteiger partial charge in [0.15, 0.2) is 0 Å². The van der Waals surface area contributed by atoms with Gasteiger partial charge in [-0.25, -0.2) is 0 Å². The molecule has 3 rings (SSSR count). The SMILES string of the molecule is O=[N+]([O-])c1ccc2ccn(CC3CC3)c2c1. The second-order valence-corrected chi connectivity index (χ2v) is 4.41. The second kappa shape index (κ2) is 3.33. The molecule has 0 radical (unpaired) electrons. The largest absolute Gasteiger partial charge is 0.347 e. The molecule has 0 amide bonds. The van der Waals surface area contributed by atoms with Crippen LogP contribution in [0.25, 0.3) is 10.9 Å². The number of nitro benzene ring substituents is 1. The smallest absolute Gasteiger partial charge is 0.271 e. The van der Waals surface area contributed by atoms with E-state index < -0.39 is 0 Å². The summed E-state index contributed by atoms with van der Waals surface area (Å²) in [5.74, 6) is 0.773. The van der Waals surface area contributed by atoms with Crippen LogP contribution in [0.15, 0.2) is 30.5 Å². The fourth-order valence-electron chi connectivity index (χ4n) is 2.02. The molecule has 0 unspecified atom stereocenters. The van der Waals surface area contributed by atoms with Gasteiger partial charge in [0.25, 0.3) is 5.69 Å². The van der Waals surface area contributed by atoms with Crippen LogP contribution in [0.4, 0.5) is 5.69 Å². The number of benzene rings is 1. The molecule has 1 aliphatic carbocycles. The van der Waals surface area contributed by atoms with Gasteiger partial charge in [0.05, 0.1) is 10.4 Å². The van der Waals surface area contributed by atoms with E-state index in [1.165, 1.54) is 12.8 Å². The van der Waals surface area contributed by atoms with Crippen molar-refractivity contribution in [3.05, 3.63) is 40.6 Å². The molecule has 1 heterocycles. The van der Waals surface area contributed by atoms with Crippen molar-refractivity contribution in [1.82, 2.24) is 4.57 Å². The van der Waals surface area contributed by atoms with E-state index in [2.05, 4.69) is 4.57 Å². The summed E-state index contributed by atoms with van der Waals surface area (Å²) in [6.45, 7) is 0.991. The Morgan fingerprint density at radius 2 is 2.19 bits per heavy atom. The summed E-state index contributed by atoms with van der Waals surface area (Å²) in [6, 6.07) is 7.06. The summed E-state index contributed by atoms with van der Waals surface area (Å²) < 4.78 is 2.12. The Balaban J connectivity index is 2.07. The lowest BCUT2D eigenvalue weighted by molar-refractivity contribution is -0.384. The summed E-state index contributed by atoms with van der Waals surface area (Å²) in [5.41, 5.74) is 1.14. The lowest BCUT2D eigenvalue weighted by atomic mass is 10.2. The zero-order chi connectivity index (χ0) is 11.1. The Labute approximate surface area is 92.6 Å². The van der Waals surface area contributed by atoms with Gasteiger partial charge in [-0.3, -0.25) is 10.1 Å². The molecular weight excluding hydrogens is 204 g/mol. The van der Waals surface area contributed by atoms with Gasteiger partial charge in [-0.05, 0) is 30.9 Å². The summed E-state index contributed by atoms with van der Waals surface area (Å²) in [4.78, 5) is 10.4. The maximum atomic E-state index is 10.7. The van der Waals surface area contributed by atoms with E-state index in [1.54, 1.807) is 12.1 Å². The van der Waals surface area contributed by atoms with Gasteiger partial charge < -0.3 is 4.57 Å². The van der Waals surface area contributed by atoms with E-state index >= 15 is 0 Å². The fraction of sp³-hybridized carbons (Fsp3) is 0.333. The lowest BCUT2D eigenvalue weighted by Crippen LogP contribution is -1.97. The highest BCUT2D eigenvalue weighted by molar-refractivity contribution is 5.82. The molecule has 82 valence electrons. The van der Waals surface area contributed by atoms with Crippen molar-refractivity contribution in [2.75, 3.05) is 0 Å². The Kier molecular flexibility index (Phi) is 1.96. The highest BCUT2D eigenvalue weighted by Gasteiger charge is 2.22. The van der Waals surface area contributed by atoms with Gasteiger partial charge in [-0.2, -0.15) is 0 Å². The maximum Gasteiger partial charge on any atom is 0.271 e. The molecule has 0 aliphatic heterocycles. The molecule has 1 fully saturated rings. The fourth-order valence-corrected chi connectivity index (χ4v) is 2.02. The number of nitro groups is 1. The van der Waals surface area contributed by atoms with Crippen molar-refractivity contribution < 1.29 is 4.92 Å². The zero-order valence-electron chi connectivity index (χ0n) is 8.80. The number of non-ortho nitro benzene ring substituents is 1. The van der Waals surface area contributed by atoms with E-state index in [4.69, 9.17) is 0 Å². The topological polar surface area (TPSA) is 48.1 Å². The van der Waals surface area contributed by atoms with Crippen molar-refractivity contribution in [3.63, 3.8) is 0 Å². The molecular formula is C12H12N2O2. The minimum Gasteiger partial charge on any atom is -0.347 e. The van der Waals surface area contributed by atoms with Crippen molar-refractivity contribution in [3.8, 4) is 0 Å². The van der Waals surface area contributed by atoms with E-state index in [9.17, 15) is 10.1 Å². The molecule has 1 aromatic heterocycles. The molecule has 16 heavy (non-hydrogen) atoms. The third kappa shape index (κ3) is 1.56. The van der Waals surface area contributed by atoms with Gasteiger partial charge >= 0.3 is 0 Å². The molecule has 0 bridgehead atoms. The summed E-state index contributed by atoms with van der Waals surface area (Å²) in [6.07, 6.45) is 4.59. The molecule has 0 spiro atoms. The predicted molar refractivity (Wildman–Crippen MR) is 61.3 cm³/mol. The molecule has 1 saturated carbocycles. The molecule has 1 aliphatic rings. The maximum absolute atomic E-state index is 10.7.